The second-order valence-corrected chi connectivity index (χ2v) is 4.27. The lowest BCUT2D eigenvalue weighted by atomic mass is 10.2. The van der Waals surface area contributed by atoms with Crippen molar-refractivity contribution in [2.75, 3.05) is 11.9 Å². The lowest BCUT2D eigenvalue weighted by Gasteiger charge is -2.05. The number of nitrogens with one attached hydrogen (secondary N) is 1. The molecule has 1 aromatic rings. The van der Waals surface area contributed by atoms with Gasteiger partial charge in [0, 0.05) is 18.3 Å². The number of aryl methyl sites for hydroxylation is 1. The van der Waals surface area contributed by atoms with Crippen molar-refractivity contribution in [1.82, 2.24) is 4.98 Å². The van der Waals surface area contributed by atoms with E-state index in [0.717, 1.165) is 18.9 Å². The van der Waals surface area contributed by atoms with Crippen molar-refractivity contribution in [3.8, 4) is 0 Å². The third-order valence-corrected chi connectivity index (χ3v) is 2.83. The van der Waals surface area contributed by atoms with Gasteiger partial charge >= 0.3 is 0 Å². The maximum absolute atomic E-state index is 10.7. The van der Waals surface area contributed by atoms with Crippen LogP contribution in [0.3, 0.4) is 0 Å². The zero-order chi connectivity index (χ0) is 11.5. The summed E-state index contributed by atoms with van der Waals surface area (Å²) in [6.45, 7) is 2.54. The van der Waals surface area contributed by atoms with Crippen molar-refractivity contribution in [2.24, 2.45) is 5.92 Å². The average molecular weight is 221 g/mol. The summed E-state index contributed by atoms with van der Waals surface area (Å²) < 4.78 is 0. The maximum atomic E-state index is 10.7. The highest BCUT2D eigenvalue weighted by molar-refractivity contribution is 5.48. The normalized spacial score (nSPS) is 14.8. The first kappa shape index (κ1) is 10.9. The van der Waals surface area contributed by atoms with Crippen LogP contribution in [0.15, 0.2) is 12.3 Å². The van der Waals surface area contributed by atoms with E-state index >= 15 is 0 Å². The molecule has 1 saturated carbocycles. The van der Waals surface area contributed by atoms with Crippen LogP contribution >= 0.6 is 0 Å². The Labute approximate surface area is 94.0 Å². The van der Waals surface area contributed by atoms with Crippen LogP contribution in [0.1, 0.15) is 24.8 Å². The first-order chi connectivity index (χ1) is 7.66. The van der Waals surface area contributed by atoms with Gasteiger partial charge in [-0.15, -0.1) is 0 Å². The van der Waals surface area contributed by atoms with Crippen molar-refractivity contribution in [2.45, 2.75) is 26.2 Å². The number of nitrogens with zero attached hydrogens (tertiary/aromatic N) is 2. The van der Waals surface area contributed by atoms with Crippen LogP contribution in [0.4, 0.5) is 11.5 Å². The monoisotopic (exact) mass is 221 g/mol. The number of hydrogen-bond acceptors (Lipinski definition) is 4. The molecule has 0 spiro atoms. The molecule has 0 bridgehead atoms. The summed E-state index contributed by atoms with van der Waals surface area (Å²) in [6.07, 6.45) is 5.31. The second-order valence-electron chi connectivity index (χ2n) is 4.27. The zero-order valence-electron chi connectivity index (χ0n) is 9.27. The van der Waals surface area contributed by atoms with Crippen molar-refractivity contribution >= 4 is 11.5 Å². The van der Waals surface area contributed by atoms with E-state index in [9.17, 15) is 10.1 Å². The summed E-state index contributed by atoms with van der Waals surface area (Å²) in [6, 6.07) is 1.50. The molecule has 0 saturated heterocycles. The topological polar surface area (TPSA) is 68.1 Å². The number of pyridine rings is 1. The Hall–Kier alpha value is -1.65. The predicted molar refractivity (Wildman–Crippen MR) is 61.5 cm³/mol. The standard InChI is InChI=1S/C11H15N3O2/c1-8-7-13-11(6-10(8)14(15)16)12-5-4-9-2-3-9/h6-7,9H,2-5H2,1H3,(H,12,13). The molecule has 0 unspecified atom stereocenters. The van der Waals surface area contributed by atoms with Gasteiger partial charge in [0.2, 0.25) is 0 Å². The number of aromatic nitrogens is 1. The zero-order valence-corrected chi connectivity index (χ0v) is 9.27. The molecule has 0 aliphatic heterocycles. The summed E-state index contributed by atoms with van der Waals surface area (Å²) in [5.41, 5.74) is 0.724. The molecule has 16 heavy (non-hydrogen) atoms. The third kappa shape index (κ3) is 2.68. The molecule has 0 amide bonds. The summed E-state index contributed by atoms with van der Waals surface area (Å²) in [5, 5.41) is 13.8. The molecular formula is C11H15N3O2. The molecule has 0 atom stereocenters. The van der Waals surface area contributed by atoms with E-state index < -0.39 is 0 Å². The minimum atomic E-state index is -0.372. The smallest absolute Gasteiger partial charge is 0.277 e. The number of nitro groups is 1. The average Bonchev–Trinajstić information content (AvgIpc) is 3.04. The van der Waals surface area contributed by atoms with E-state index in [0.29, 0.717) is 11.4 Å². The van der Waals surface area contributed by atoms with E-state index in [4.69, 9.17) is 0 Å². The molecule has 5 nitrogen and oxygen atoms in total. The van der Waals surface area contributed by atoms with Crippen LogP contribution in [0.25, 0.3) is 0 Å². The molecule has 1 aliphatic carbocycles. The quantitative estimate of drug-likeness (QED) is 0.612. The maximum Gasteiger partial charge on any atom is 0.277 e. The molecular weight excluding hydrogens is 206 g/mol. The Morgan fingerprint density at radius 2 is 2.38 bits per heavy atom. The van der Waals surface area contributed by atoms with Gasteiger partial charge in [0.1, 0.15) is 5.82 Å². The van der Waals surface area contributed by atoms with Gasteiger partial charge in [-0.1, -0.05) is 12.8 Å². The molecule has 1 N–H and O–H groups in total. The van der Waals surface area contributed by atoms with Crippen molar-refractivity contribution in [1.29, 1.82) is 0 Å². The van der Waals surface area contributed by atoms with Gasteiger partial charge in [0.25, 0.3) is 5.69 Å². The van der Waals surface area contributed by atoms with Gasteiger partial charge in [-0.25, -0.2) is 4.98 Å². The highest BCUT2D eigenvalue weighted by Gasteiger charge is 2.20. The first-order valence-corrected chi connectivity index (χ1v) is 5.51. The third-order valence-electron chi connectivity index (χ3n) is 2.83. The Morgan fingerprint density at radius 3 is 3.00 bits per heavy atom. The largest absolute Gasteiger partial charge is 0.370 e. The van der Waals surface area contributed by atoms with E-state index in [1.165, 1.54) is 25.1 Å². The molecule has 0 radical (unpaired) electrons. The van der Waals surface area contributed by atoms with Crippen molar-refractivity contribution in [3.63, 3.8) is 0 Å². The fraction of sp³-hybridized carbons (Fsp3) is 0.545. The first-order valence-electron chi connectivity index (χ1n) is 5.51. The van der Waals surface area contributed by atoms with Gasteiger partial charge < -0.3 is 5.32 Å². The van der Waals surface area contributed by atoms with Crippen LogP contribution in [-0.2, 0) is 0 Å². The van der Waals surface area contributed by atoms with Gasteiger partial charge in [-0.05, 0) is 19.3 Å². The number of hydrogen-bond donors (Lipinski definition) is 1. The Bertz CT molecular complexity index is 402. The fourth-order valence-electron chi connectivity index (χ4n) is 1.62. The summed E-state index contributed by atoms with van der Waals surface area (Å²) in [4.78, 5) is 14.5. The molecule has 1 aromatic heterocycles. The minimum Gasteiger partial charge on any atom is -0.370 e. The minimum absolute atomic E-state index is 0.129. The molecule has 2 rings (SSSR count). The Kier molecular flexibility index (Phi) is 3.03. The molecule has 1 fully saturated rings. The van der Waals surface area contributed by atoms with Crippen LogP contribution in [-0.4, -0.2) is 16.5 Å². The van der Waals surface area contributed by atoms with Crippen LogP contribution in [0, 0.1) is 23.0 Å². The molecule has 1 aliphatic rings. The van der Waals surface area contributed by atoms with Crippen LogP contribution in [0.2, 0.25) is 0 Å². The van der Waals surface area contributed by atoms with Crippen LogP contribution in [0.5, 0.6) is 0 Å². The van der Waals surface area contributed by atoms with Crippen molar-refractivity contribution in [3.05, 3.63) is 27.9 Å². The Morgan fingerprint density at radius 1 is 1.62 bits per heavy atom. The fourth-order valence-corrected chi connectivity index (χ4v) is 1.62. The lowest BCUT2D eigenvalue weighted by Crippen LogP contribution is -2.05. The summed E-state index contributed by atoms with van der Waals surface area (Å²) in [5.74, 6) is 1.45. The Balaban J connectivity index is 1.97. The highest BCUT2D eigenvalue weighted by atomic mass is 16.6. The van der Waals surface area contributed by atoms with Crippen LogP contribution < -0.4 is 5.32 Å². The van der Waals surface area contributed by atoms with E-state index in [1.807, 2.05) is 0 Å². The van der Waals surface area contributed by atoms with E-state index in [1.54, 1.807) is 6.92 Å². The summed E-state index contributed by atoms with van der Waals surface area (Å²) >= 11 is 0. The molecule has 5 heteroatoms. The van der Waals surface area contributed by atoms with Gasteiger partial charge in [-0.3, -0.25) is 10.1 Å². The van der Waals surface area contributed by atoms with Gasteiger partial charge in [0.05, 0.1) is 11.0 Å². The SMILES string of the molecule is Cc1cnc(NCCC2CC2)cc1[N+](=O)[O-]. The van der Waals surface area contributed by atoms with Crippen molar-refractivity contribution < 1.29 is 4.92 Å². The molecule has 0 aromatic carbocycles. The number of rotatable bonds is 5. The number of anilines is 1. The predicted octanol–water partition coefficient (Wildman–Crippen LogP) is 2.51. The summed E-state index contributed by atoms with van der Waals surface area (Å²) in [7, 11) is 0. The lowest BCUT2D eigenvalue weighted by molar-refractivity contribution is -0.385. The molecule has 86 valence electrons. The van der Waals surface area contributed by atoms with Gasteiger partial charge in [-0.2, -0.15) is 0 Å². The van der Waals surface area contributed by atoms with E-state index in [-0.39, 0.29) is 10.6 Å². The van der Waals surface area contributed by atoms with Gasteiger partial charge in [0.15, 0.2) is 0 Å². The molecule has 1 heterocycles. The van der Waals surface area contributed by atoms with E-state index in [2.05, 4.69) is 10.3 Å². The highest BCUT2D eigenvalue weighted by Crippen LogP contribution is 2.32. The second kappa shape index (κ2) is 4.47.